The van der Waals surface area contributed by atoms with Crippen molar-refractivity contribution in [1.29, 1.82) is 0 Å². The monoisotopic (exact) mass is 274 g/mol. The Balaban J connectivity index is 2.14. The van der Waals surface area contributed by atoms with Gasteiger partial charge in [0.15, 0.2) is 0 Å². The molecule has 0 spiro atoms. The summed E-state index contributed by atoms with van der Waals surface area (Å²) < 4.78 is 2.37. The highest BCUT2D eigenvalue weighted by Gasteiger charge is 2.28. The minimum absolute atomic E-state index is 0.0673. The third-order valence-electron chi connectivity index (χ3n) is 4.20. The second-order valence-corrected chi connectivity index (χ2v) is 6.35. The Hall–Kier alpha value is -2.35. The van der Waals surface area contributed by atoms with Crippen LogP contribution in [0, 0.1) is 6.92 Å². The van der Waals surface area contributed by atoms with Crippen LogP contribution in [0.2, 0.25) is 0 Å². The van der Waals surface area contributed by atoms with Crippen molar-refractivity contribution >= 4 is 17.1 Å². The highest BCUT2D eigenvalue weighted by molar-refractivity contribution is 5.91. The van der Waals surface area contributed by atoms with Gasteiger partial charge in [0.2, 0.25) is 0 Å². The van der Waals surface area contributed by atoms with E-state index in [0.717, 1.165) is 11.3 Å². The molecular formula is C19H18N2. The van der Waals surface area contributed by atoms with Gasteiger partial charge in [0.1, 0.15) is 5.82 Å². The van der Waals surface area contributed by atoms with Gasteiger partial charge in [-0.05, 0) is 38.5 Å². The lowest BCUT2D eigenvalue weighted by atomic mass is 9.96. The first-order valence-corrected chi connectivity index (χ1v) is 7.34. The zero-order valence-electron chi connectivity index (χ0n) is 12.6. The van der Waals surface area contributed by atoms with Crippen LogP contribution in [0.1, 0.15) is 25.0 Å². The number of hydrogen-bond acceptors (Lipinski definition) is 1. The summed E-state index contributed by atoms with van der Waals surface area (Å²) in [5.74, 6) is 1.05. The highest BCUT2D eigenvalue weighted by Crippen LogP contribution is 2.38. The lowest BCUT2D eigenvalue weighted by molar-refractivity contribution is 0.472. The molecule has 0 saturated carbocycles. The topological polar surface area (TPSA) is 17.8 Å². The van der Waals surface area contributed by atoms with Gasteiger partial charge in [-0.2, -0.15) is 0 Å². The number of imidazole rings is 1. The fourth-order valence-electron chi connectivity index (χ4n) is 3.22. The van der Waals surface area contributed by atoms with Crippen LogP contribution in [0.25, 0.3) is 28.5 Å². The largest absolute Gasteiger partial charge is 0.314 e. The SMILES string of the molecule is Cc1cc2c3c(c1)nc(-c1ccccc1)n3C(C)(C)C=C2. The van der Waals surface area contributed by atoms with E-state index >= 15 is 0 Å². The van der Waals surface area contributed by atoms with E-state index < -0.39 is 0 Å². The van der Waals surface area contributed by atoms with Crippen molar-refractivity contribution < 1.29 is 0 Å². The molecule has 0 amide bonds. The predicted molar refractivity (Wildman–Crippen MR) is 88.3 cm³/mol. The molecule has 104 valence electrons. The van der Waals surface area contributed by atoms with Crippen LogP contribution >= 0.6 is 0 Å². The van der Waals surface area contributed by atoms with Crippen molar-refractivity contribution in [3.63, 3.8) is 0 Å². The lowest BCUT2D eigenvalue weighted by Crippen LogP contribution is -2.26. The maximum atomic E-state index is 4.93. The summed E-state index contributed by atoms with van der Waals surface area (Å²) in [6, 6.07) is 14.9. The van der Waals surface area contributed by atoms with Gasteiger partial charge in [0, 0.05) is 11.1 Å². The zero-order valence-corrected chi connectivity index (χ0v) is 12.6. The fourth-order valence-corrected chi connectivity index (χ4v) is 3.22. The van der Waals surface area contributed by atoms with Crippen LogP contribution in [-0.2, 0) is 5.54 Å². The first kappa shape index (κ1) is 12.4. The second kappa shape index (κ2) is 4.08. The Bertz CT molecular complexity index is 867. The number of allylic oxidation sites excluding steroid dienone is 1. The van der Waals surface area contributed by atoms with Gasteiger partial charge in [-0.25, -0.2) is 4.98 Å². The molecule has 2 heteroatoms. The first-order valence-electron chi connectivity index (χ1n) is 7.34. The Morgan fingerprint density at radius 3 is 2.57 bits per heavy atom. The molecule has 1 aromatic heterocycles. The quantitative estimate of drug-likeness (QED) is 0.624. The molecule has 0 unspecified atom stereocenters. The van der Waals surface area contributed by atoms with Gasteiger partial charge in [-0.3, -0.25) is 0 Å². The summed E-state index contributed by atoms with van der Waals surface area (Å²) in [5.41, 5.74) is 5.95. The van der Waals surface area contributed by atoms with Gasteiger partial charge < -0.3 is 4.57 Å². The predicted octanol–water partition coefficient (Wildman–Crippen LogP) is 4.77. The molecule has 0 saturated heterocycles. The number of rotatable bonds is 1. The van der Waals surface area contributed by atoms with E-state index in [4.69, 9.17) is 4.98 Å². The van der Waals surface area contributed by atoms with Gasteiger partial charge in [0.05, 0.1) is 16.6 Å². The molecule has 2 nitrogen and oxygen atoms in total. The van der Waals surface area contributed by atoms with Crippen LogP contribution in [0.4, 0.5) is 0 Å². The summed E-state index contributed by atoms with van der Waals surface area (Å²) in [6.45, 7) is 6.60. The average Bonchev–Trinajstić information content (AvgIpc) is 2.85. The van der Waals surface area contributed by atoms with Crippen molar-refractivity contribution in [3.8, 4) is 11.4 Å². The molecule has 21 heavy (non-hydrogen) atoms. The minimum atomic E-state index is -0.0673. The average molecular weight is 274 g/mol. The van der Waals surface area contributed by atoms with Crippen LogP contribution in [-0.4, -0.2) is 9.55 Å². The number of aryl methyl sites for hydroxylation is 1. The lowest BCUT2D eigenvalue weighted by Gasteiger charge is -2.29. The summed E-state index contributed by atoms with van der Waals surface area (Å²) in [7, 11) is 0. The maximum Gasteiger partial charge on any atom is 0.141 e. The molecule has 0 fully saturated rings. The Morgan fingerprint density at radius 2 is 1.81 bits per heavy atom. The van der Waals surface area contributed by atoms with Crippen LogP contribution in [0.5, 0.6) is 0 Å². The standard InChI is InChI=1S/C19H18N2/c1-13-11-15-9-10-19(2,3)21-17(15)16(12-13)20-18(21)14-7-5-4-6-8-14/h4-12H,1-3H3. The van der Waals surface area contributed by atoms with Gasteiger partial charge in [-0.15, -0.1) is 0 Å². The van der Waals surface area contributed by atoms with E-state index in [1.807, 2.05) is 6.07 Å². The third kappa shape index (κ3) is 1.75. The van der Waals surface area contributed by atoms with Crippen LogP contribution < -0.4 is 0 Å². The molecular weight excluding hydrogens is 256 g/mol. The van der Waals surface area contributed by atoms with E-state index in [0.29, 0.717) is 0 Å². The molecule has 0 atom stereocenters. The summed E-state index contributed by atoms with van der Waals surface area (Å²) >= 11 is 0. The normalized spacial score (nSPS) is 15.6. The molecule has 2 heterocycles. The van der Waals surface area contributed by atoms with Gasteiger partial charge in [-0.1, -0.05) is 42.5 Å². The molecule has 2 aromatic carbocycles. The molecule has 0 N–H and O–H groups in total. The number of aromatic nitrogens is 2. The Kier molecular flexibility index (Phi) is 2.41. The second-order valence-electron chi connectivity index (χ2n) is 6.35. The van der Waals surface area contributed by atoms with Crippen LogP contribution in [0.15, 0.2) is 48.5 Å². The first-order chi connectivity index (χ1) is 10.1. The van der Waals surface area contributed by atoms with E-state index in [9.17, 15) is 0 Å². The summed E-state index contributed by atoms with van der Waals surface area (Å²) in [6.07, 6.45) is 4.49. The molecule has 3 aromatic rings. The molecule has 0 aliphatic carbocycles. The zero-order chi connectivity index (χ0) is 14.6. The summed E-state index contributed by atoms with van der Waals surface area (Å²) in [4.78, 5) is 4.93. The highest BCUT2D eigenvalue weighted by atomic mass is 15.1. The van der Waals surface area contributed by atoms with Gasteiger partial charge in [0.25, 0.3) is 0 Å². The maximum absolute atomic E-state index is 4.93. The third-order valence-corrected chi connectivity index (χ3v) is 4.20. The van der Waals surface area contributed by atoms with E-state index in [1.165, 1.54) is 22.2 Å². The number of hydrogen-bond donors (Lipinski definition) is 0. The summed E-state index contributed by atoms with van der Waals surface area (Å²) in [5, 5.41) is 0. The van der Waals surface area contributed by atoms with Crippen molar-refractivity contribution in [2.75, 3.05) is 0 Å². The molecule has 0 radical (unpaired) electrons. The Labute approximate surface area is 124 Å². The van der Waals surface area contributed by atoms with E-state index in [2.05, 4.69) is 73.9 Å². The van der Waals surface area contributed by atoms with Crippen LogP contribution in [0.3, 0.4) is 0 Å². The fraction of sp³-hybridized carbons (Fsp3) is 0.211. The van der Waals surface area contributed by atoms with Crippen molar-refractivity contribution in [2.45, 2.75) is 26.3 Å². The molecule has 0 bridgehead atoms. The molecule has 1 aliphatic heterocycles. The minimum Gasteiger partial charge on any atom is -0.314 e. The number of nitrogens with zero attached hydrogens (tertiary/aromatic N) is 2. The number of benzene rings is 2. The molecule has 1 aliphatic rings. The van der Waals surface area contributed by atoms with Crippen molar-refractivity contribution in [1.82, 2.24) is 9.55 Å². The van der Waals surface area contributed by atoms with E-state index in [1.54, 1.807) is 0 Å². The smallest absolute Gasteiger partial charge is 0.141 e. The molecule has 4 rings (SSSR count). The van der Waals surface area contributed by atoms with Crippen molar-refractivity contribution in [2.24, 2.45) is 0 Å². The van der Waals surface area contributed by atoms with E-state index in [-0.39, 0.29) is 5.54 Å². The van der Waals surface area contributed by atoms with Gasteiger partial charge >= 0.3 is 0 Å². The Morgan fingerprint density at radius 1 is 1.05 bits per heavy atom. The van der Waals surface area contributed by atoms with Crippen molar-refractivity contribution in [3.05, 3.63) is 59.7 Å².